The quantitative estimate of drug-likeness (QED) is 0.366. The summed E-state index contributed by atoms with van der Waals surface area (Å²) in [5, 5.41) is 11.6. The van der Waals surface area contributed by atoms with Gasteiger partial charge in [0.1, 0.15) is 10.6 Å². The molecule has 0 saturated heterocycles. The number of halogens is 1. The summed E-state index contributed by atoms with van der Waals surface area (Å²) in [5.41, 5.74) is 4.38. The summed E-state index contributed by atoms with van der Waals surface area (Å²) in [7, 11) is -3.96. The van der Waals surface area contributed by atoms with E-state index in [4.69, 9.17) is 16.3 Å². The van der Waals surface area contributed by atoms with Gasteiger partial charge in [0, 0.05) is 34.6 Å². The van der Waals surface area contributed by atoms with Crippen molar-refractivity contribution in [3.63, 3.8) is 0 Å². The van der Waals surface area contributed by atoms with Crippen LogP contribution in [-0.2, 0) is 22.9 Å². The van der Waals surface area contributed by atoms with Gasteiger partial charge in [-0.15, -0.1) is 0 Å². The topological polar surface area (TPSA) is 91.4 Å². The molecule has 5 rings (SSSR count). The van der Waals surface area contributed by atoms with Gasteiger partial charge >= 0.3 is 0 Å². The van der Waals surface area contributed by atoms with Crippen LogP contribution < -0.4 is 9.46 Å². The maximum atomic E-state index is 13.5. The fraction of sp³-hybridized carbons (Fsp3) is 0.200. The Morgan fingerprint density at radius 1 is 1.09 bits per heavy atom. The van der Waals surface area contributed by atoms with E-state index in [2.05, 4.69) is 9.71 Å². The molecule has 0 amide bonds. The number of rotatable bonds is 7. The normalized spacial score (nSPS) is 14.2. The molecule has 0 spiro atoms. The Morgan fingerprint density at radius 3 is 2.67 bits per heavy atom. The standard InChI is InChI=1S/C25H23ClN2O4S/c26-20-7-5-16(6-8-20)18-11-17-9-10-32-25(17)24(13-18)33(30,31)28-21(15-29)12-19-14-27-23-4-2-1-3-22(19)23/h1-8,11,13-14,21,27-29H,9-10,12,15H2/t21-/m0/s1. The lowest BCUT2D eigenvalue weighted by molar-refractivity contribution is 0.256. The first-order valence-electron chi connectivity index (χ1n) is 10.7. The number of hydrogen-bond donors (Lipinski definition) is 3. The number of H-pyrrole nitrogens is 1. The van der Waals surface area contributed by atoms with Gasteiger partial charge in [-0.2, -0.15) is 0 Å². The fourth-order valence-electron chi connectivity index (χ4n) is 4.27. The monoisotopic (exact) mass is 482 g/mol. The second kappa shape index (κ2) is 8.83. The number of aromatic nitrogens is 1. The van der Waals surface area contributed by atoms with Crippen molar-refractivity contribution in [2.45, 2.75) is 23.8 Å². The van der Waals surface area contributed by atoms with E-state index in [1.165, 1.54) is 0 Å². The first-order valence-corrected chi connectivity index (χ1v) is 12.5. The minimum Gasteiger partial charge on any atom is -0.492 e. The molecule has 33 heavy (non-hydrogen) atoms. The van der Waals surface area contributed by atoms with Crippen molar-refractivity contribution in [3.05, 3.63) is 83.0 Å². The lowest BCUT2D eigenvalue weighted by Gasteiger charge is -2.18. The summed E-state index contributed by atoms with van der Waals surface area (Å²) in [4.78, 5) is 3.27. The minimum atomic E-state index is -3.96. The highest BCUT2D eigenvalue weighted by molar-refractivity contribution is 7.89. The second-order valence-electron chi connectivity index (χ2n) is 8.13. The molecule has 3 aromatic carbocycles. The van der Waals surface area contributed by atoms with E-state index in [0.29, 0.717) is 30.2 Å². The predicted molar refractivity (Wildman–Crippen MR) is 129 cm³/mol. The Bertz CT molecular complexity index is 1410. The predicted octanol–water partition coefficient (Wildman–Crippen LogP) is 4.31. The average Bonchev–Trinajstić information content (AvgIpc) is 3.45. The summed E-state index contributed by atoms with van der Waals surface area (Å²) in [5.74, 6) is 0.379. The number of aromatic amines is 1. The van der Waals surface area contributed by atoms with Crippen LogP contribution in [0.25, 0.3) is 22.0 Å². The van der Waals surface area contributed by atoms with Gasteiger partial charge in [-0.25, -0.2) is 13.1 Å². The number of aliphatic hydroxyl groups is 1. The molecule has 4 aromatic rings. The molecule has 0 saturated carbocycles. The van der Waals surface area contributed by atoms with Gasteiger partial charge in [0.05, 0.1) is 13.2 Å². The summed E-state index contributed by atoms with van der Waals surface area (Å²) >= 11 is 6.01. The number of benzene rings is 3. The Morgan fingerprint density at radius 2 is 1.88 bits per heavy atom. The fourth-order valence-corrected chi connectivity index (χ4v) is 5.84. The van der Waals surface area contributed by atoms with E-state index in [-0.39, 0.29) is 11.5 Å². The van der Waals surface area contributed by atoms with Crippen LogP contribution in [0.5, 0.6) is 5.75 Å². The molecule has 1 aromatic heterocycles. The molecule has 2 heterocycles. The van der Waals surface area contributed by atoms with Gasteiger partial charge in [-0.1, -0.05) is 41.9 Å². The highest BCUT2D eigenvalue weighted by atomic mass is 35.5. The van der Waals surface area contributed by atoms with E-state index in [1.54, 1.807) is 18.2 Å². The number of ether oxygens (including phenoxy) is 1. The molecule has 1 aliphatic heterocycles. The van der Waals surface area contributed by atoms with Crippen molar-refractivity contribution in [1.29, 1.82) is 0 Å². The molecule has 0 bridgehead atoms. The number of sulfonamides is 1. The first kappa shape index (κ1) is 22.0. The zero-order chi connectivity index (χ0) is 23.0. The first-order chi connectivity index (χ1) is 15.9. The minimum absolute atomic E-state index is 0.0832. The average molecular weight is 483 g/mol. The number of para-hydroxylation sites is 1. The third kappa shape index (κ3) is 4.37. The summed E-state index contributed by atoms with van der Waals surface area (Å²) in [6.45, 7) is 0.0966. The molecule has 0 radical (unpaired) electrons. The molecule has 1 atom stereocenters. The van der Waals surface area contributed by atoms with Crippen molar-refractivity contribution >= 4 is 32.5 Å². The number of fused-ring (bicyclic) bond motifs is 2. The number of aliphatic hydroxyl groups excluding tert-OH is 1. The highest BCUT2D eigenvalue weighted by Crippen LogP contribution is 2.37. The van der Waals surface area contributed by atoms with Crippen LogP contribution in [-0.4, -0.2) is 37.8 Å². The van der Waals surface area contributed by atoms with Gasteiger partial charge in [0.2, 0.25) is 10.0 Å². The zero-order valence-corrected chi connectivity index (χ0v) is 19.3. The Kier molecular flexibility index (Phi) is 5.88. The third-order valence-corrected chi connectivity index (χ3v) is 7.68. The van der Waals surface area contributed by atoms with Crippen molar-refractivity contribution in [2.75, 3.05) is 13.2 Å². The van der Waals surface area contributed by atoms with Crippen LogP contribution in [0.4, 0.5) is 0 Å². The molecule has 1 aliphatic rings. The van der Waals surface area contributed by atoms with Crippen LogP contribution >= 0.6 is 11.6 Å². The SMILES string of the molecule is O=S(=O)(N[C@H](CO)Cc1c[nH]c2ccccc12)c1cc(-c2ccc(Cl)cc2)cc2c1OCC2. The van der Waals surface area contributed by atoms with Gasteiger partial charge in [-0.05, 0) is 59.0 Å². The van der Waals surface area contributed by atoms with E-state index in [1.807, 2.05) is 48.7 Å². The third-order valence-electron chi connectivity index (χ3n) is 5.90. The second-order valence-corrected chi connectivity index (χ2v) is 10.3. The van der Waals surface area contributed by atoms with Crippen LogP contribution in [0.3, 0.4) is 0 Å². The van der Waals surface area contributed by atoms with E-state index < -0.39 is 16.1 Å². The van der Waals surface area contributed by atoms with Gasteiger partial charge in [0.25, 0.3) is 0 Å². The molecule has 6 nitrogen and oxygen atoms in total. The molecular formula is C25H23ClN2O4S. The zero-order valence-electron chi connectivity index (χ0n) is 17.7. The molecule has 0 aliphatic carbocycles. The highest BCUT2D eigenvalue weighted by Gasteiger charge is 2.29. The van der Waals surface area contributed by atoms with Gasteiger partial charge in [-0.3, -0.25) is 0 Å². The van der Waals surface area contributed by atoms with Gasteiger partial charge in [0.15, 0.2) is 0 Å². The van der Waals surface area contributed by atoms with Crippen LogP contribution in [0.2, 0.25) is 5.02 Å². The maximum Gasteiger partial charge on any atom is 0.244 e. The van der Waals surface area contributed by atoms with Gasteiger partial charge < -0.3 is 14.8 Å². The Labute approximate surface area is 197 Å². The molecule has 8 heteroatoms. The number of nitrogens with one attached hydrogen (secondary N) is 2. The molecule has 0 unspecified atom stereocenters. The Hall–Kier alpha value is -2.84. The van der Waals surface area contributed by atoms with Crippen LogP contribution in [0.1, 0.15) is 11.1 Å². The summed E-state index contributed by atoms with van der Waals surface area (Å²) < 4.78 is 35.3. The molecular weight excluding hydrogens is 460 g/mol. The number of hydrogen-bond acceptors (Lipinski definition) is 4. The molecule has 170 valence electrons. The smallest absolute Gasteiger partial charge is 0.244 e. The van der Waals surface area contributed by atoms with E-state index in [9.17, 15) is 13.5 Å². The molecule has 3 N–H and O–H groups in total. The van der Waals surface area contributed by atoms with Crippen molar-refractivity contribution in [3.8, 4) is 16.9 Å². The Balaban J connectivity index is 1.48. The summed E-state index contributed by atoms with van der Waals surface area (Å²) in [6.07, 6.45) is 2.83. The van der Waals surface area contributed by atoms with Crippen LogP contribution in [0, 0.1) is 0 Å². The van der Waals surface area contributed by atoms with Crippen molar-refractivity contribution < 1.29 is 18.3 Å². The summed E-state index contributed by atoms with van der Waals surface area (Å²) in [6, 6.07) is 17.9. The molecule has 0 fully saturated rings. The lowest BCUT2D eigenvalue weighted by Crippen LogP contribution is -2.39. The maximum absolute atomic E-state index is 13.5. The van der Waals surface area contributed by atoms with Crippen LogP contribution in [0.15, 0.2) is 71.8 Å². The lowest BCUT2D eigenvalue weighted by atomic mass is 10.0. The van der Waals surface area contributed by atoms with Crippen molar-refractivity contribution in [2.24, 2.45) is 0 Å². The van der Waals surface area contributed by atoms with E-state index >= 15 is 0 Å². The van der Waals surface area contributed by atoms with E-state index in [0.717, 1.165) is 33.2 Å². The largest absolute Gasteiger partial charge is 0.492 e. The van der Waals surface area contributed by atoms with Crippen molar-refractivity contribution in [1.82, 2.24) is 9.71 Å².